The molecule has 0 unspecified atom stereocenters. The Labute approximate surface area is 212 Å². The molecule has 0 saturated heterocycles. The maximum atomic E-state index is 2.34. The molecule has 172 valence electrons. The summed E-state index contributed by atoms with van der Waals surface area (Å²) in [4.78, 5) is 2.34. The minimum Gasteiger partial charge on any atom is -0.310 e. The molecule has 0 atom stereocenters. The molecule has 0 heterocycles. The van der Waals surface area contributed by atoms with Gasteiger partial charge in [0.25, 0.3) is 0 Å². The van der Waals surface area contributed by atoms with E-state index in [2.05, 4.69) is 157 Å². The van der Waals surface area contributed by atoms with Crippen LogP contribution in [0.25, 0.3) is 33.0 Å². The van der Waals surface area contributed by atoms with Crippen molar-refractivity contribution in [1.82, 2.24) is 0 Å². The Morgan fingerprint density at radius 1 is 0.361 bits per heavy atom. The first kappa shape index (κ1) is 21.9. The van der Waals surface area contributed by atoms with Gasteiger partial charge in [0.05, 0.1) is 0 Å². The summed E-state index contributed by atoms with van der Waals surface area (Å²) in [5.74, 6) is 0. The normalized spacial score (nSPS) is 10.9. The number of anilines is 3. The van der Waals surface area contributed by atoms with Gasteiger partial charge in [0, 0.05) is 17.1 Å². The molecule has 6 aromatic rings. The van der Waals surface area contributed by atoms with Crippen LogP contribution >= 0.6 is 0 Å². The van der Waals surface area contributed by atoms with Crippen molar-refractivity contribution in [3.63, 3.8) is 0 Å². The van der Waals surface area contributed by atoms with Gasteiger partial charge in [-0.05, 0) is 76.3 Å². The lowest BCUT2D eigenvalue weighted by molar-refractivity contribution is 1.29. The Morgan fingerprint density at radius 3 is 1.31 bits per heavy atom. The summed E-state index contributed by atoms with van der Waals surface area (Å²) in [7, 11) is 0. The largest absolute Gasteiger partial charge is 0.310 e. The van der Waals surface area contributed by atoms with Crippen molar-refractivity contribution in [1.29, 1.82) is 0 Å². The lowest BCUT2D eigenvalue weighted by Gasteiger charge is -2.26. The number of fused-ring (bicyclic) bond motifs is 1. The van der Waals surface area contributed by atoms with Crippen molar-refractivity contribution in [2.45, 2.75) is 6.92 Å². The monoisotopic (exact) mass is 461 g/mol. The average Bonchev–Trinajstić information content (AvgIpc) is 2.95. The van der Waals surface area contributed by atoms with E-state index in [4.69, 9.17) is 0 Å². The summed E-state index contributed by atoms with van der Waals surface area (Å²) in [6.07, 6.45) is 0. The molecule has 6 aromatic carbocycles. The lowest BCUT2D eigenvalue weighted by Crippen LogP contribution is -2.09. The van der Waals surface area contributed by atoms with E-state index in [0.29, 0.717) is 0 Å². The fourth-order valence-electron chi connectivity index (χ4n) is 4.81. The summed E-state index contributed by atoms with van der Waals surface area (Å²) in [5.41, 5.74) is 9.57. The quantitative estimate of drug-likeness (QED) is 0.247. The van der Waals surface area contributed by atoms with Crippen LogP contribution in [0.3, 0.4) is 0 Å². The molecule has 0 aliphatic rings. The van der Waals surface area contributed by atoms with Crippen molar-refractivity contribution in [2.75, 3.05) is 4.90 Å². The van der Waals surface area contributed by atoms with Gasteiger partial charge >= 0.3 is 0 Å². The Hall–Kier alpha value is -4.62. The number of benzene rings is 6. The van der Waals surface area contributed by atoms with Crippen molar-refractivity contribution in [3.8, 4) is 22.3 Å². The second-order valence-electron chi connectivity index (χ2n) is 9.20. The third-order valence-electron chi connectivity index (χ3n) is 6.70. The number of aryl methyl sites for hydroxylation is 1. The first-order valence-electron chi connectivity index (χ1n) is 12.4. The SMILES string of the molecule is Cc1ccc2cc(N(c3ccc(-c4ccccc4)cc3)c3ccc(-c4ccccc4)cc3)ccc2c1. The minimum atomic E-state index is 1.13. The van der Waals surface area contributed by atoms with Gasteiger partial charge in [0.15, 0.2) is 0 Å². The minimum absolute atomic E-state index is 1.13. The molecule has 0 saturated carbocycles. The lowest BCUT2D eigenvalue weighted by atomic mass is 10.0. The van der Waals surface area contributed by atoms with Crippen LogP contribution in [-0.2, 0) is 0 Å². The van der Waals surface area contributed by atoms with E-state index in [1.165, 1.54) is 38.6 Å². The maximum Gasteiger partial charge on any atom is 0.0468 e. The number of hydrogen-bond acceptors (Lipinski definition) is 1. The fourth-order valence-corrected chi connectivity index (χ4v) is 4.81. The predicted molar refractivity (Wildman–Crippen MR) is 154 cm³/mol. The summed E-state index contributed by atoms with van der Waals surface area (Å²) >= 11 is 0. The Kier molecular flexibility index (Phi) is 5.81. The molecule has 0 fully saturated rings. The highest BCUT2D eigenvalue weighted by Gasteiger charge is 2.14. The standard InChI is InChI=1S/C35H27N/c1-26-12-13-32-25-35(23-18-31(32)24-26)36(33-19-14-29(15-20-33)27-8-4-2-5-9-27)34-21-16-30(17-22-34)28-10-6-3-7-11-28/h2-25H,1H3. The molecule has 1 heteroatoms. The molecule has 6 rings (SSSR count). The van der Waals surface area contributed by atoms with E-state index in [9.17, 15) is 0 Å². The van der Waals surface area contributed by atoms with Gasteiger partial charge in [0.2, 0.25) is 0 Å². The molecule has 1 nitrogen and oxygen atoms in total. The van der Waals surface area contributed by atoms with Crippen LogP contribution in [0.5, 0.6) is 0 Å². The molecule has 0 aliphatic carbocycles. The Balaban J connectivity index is 1.44. The molecule has 0 aliphatic heterocycles. The third-order valence-corrected chi connectivity index (χ3v) is 6.70. The maximum absolute atomic E-state index is 2.34. The highest BCUT2D eigenvalue weighted by atomic mass is 15.1. The average molecular weight is 462 g/mol. The zero-order valence-electron chi connectivity index (χ0n) is 20.3. The third kappa shape index (κ3) is 4.39. The second kappa shape index (κ2) is 9.56. The molecule has 0 radical (unpaired) electrons. The molecule has 0 bridgehead atoms. The van der Waals surface area contributed by atoms with Gasteiger partial charge in [-0.15, -0.1) is 0 Å². The number of nitrogens with zero attached hydrogens (tertiary/aromatic N) is 1. The summed E-state index contributed by atoms with van der Waals surface area (Å²) < 4.78 is 0. The molecule has 0 aromatic heterocycles. The van der Waals surface area contributed by atoms with Crippen molar-refractivity contribution < 1.29 is 0 Å². The van der Waals surface area contributed by atoms with Gasteiger partial charge in [-0.1, -0.05) is 115 Å². The van der Waals surface area contributed by atoms with E-state index >= 15 is 0 Å². The van der Waals surface area contributed by atoms with Gasteiger partial charge in [0.1, 0.15) is 0 Å². The fraction of sp³-hybridized carbons (Fsp3) is 0.0286. The number of rotatable bonds is 5. The van der Waals surface area contributed by atoms with Crippen LogP contribution in [-0.4, -0.2) is 0 Å². The van der Waals surface area contributed by atoms with Crippen molar-refractivity contribution in [2.24, 2.45) is 0 Å². The van der Waals surface area contributed by atoms with Gasteiger partial charge < -0.3 is 4.90 Å². The smallest absolute Gasteiger partial charge is 0.0468 e. The zero-order chi connectivity index (χ0) is 24.3. The summed E-state index contributed by atoms with van der Waals surface area (Å²) in [5, 5.41) is 2.50. The summed E-state index contributed by atoms with van der Waals surface area (Å²) in [6, 6.07) is 52.1. The van der Waals surface area contributed by atoms with Gasteiger partial charge in [-0.2, -0.15) is 0 Å². The van der Waals surface area contributed by atoms with E-state index in [-0.39, 0.29) is 0 Å². The van der Waals surface area contributed by atoms with Crippen LogP contribution in [0.2, 0.25) is 0 Å². The van der Waals surface area contributed by atoms with Gasteiger partial charge in [-0.3, -0.25) is 0 Å². The van der Waals surface area contributed by atoms with Crippen LogP contribution in [0, 0.1) is 6.92 Å². The first-order valence-corrected chi connectivity index (χ1v) is 12.4. The molecular weight excluding hydrogens is 434 g/mol. The zero-order valence-corrected chi connectivity index (χ0v) is 20.3. The molecule has 0 spiro atoms. The molecule has 0 N–H and O–H groups in total. The highest BCUT2D eigenvalue weighted by Crippen LogP contribution is 2.38. The van der Waals surface area contributed by atoms with Gasteiger partial charge in [-0.25, -0.2) is 0 Å². The Bertz CT molecular complexity index is 1520. The van der Waals surface area contributed by atoms with Crippen molar-refractivity contribution in [3.05, 3.63) is 151 Å². The van der Waals surface area contributed by atoms with E-state index in [1.807, 2.05) is 0 Å². The van der Waals surface area contributed by atoms with E-state index in [0.717, 1.165) is 17.1 Å². The van der Waals surface area contributed by atoms with Crippen LogP contribution in [0.4, 0.5) is 17.1 Å². The highest BCUT2D eigenvalue weighted by molar-refractivity contribution is 5.90. The first-order chi connectivity index (χ1) is 17.7. The van der Waals surface area contributed by atoms with Crippen LogP contribution in [0.15, 0.2) is 146 Å². The molecule has 36 heavy (non-hydrogen) atoms. The van der Waals surface area contributed by atoms with Crippen LogP contribution < -0.4 is 4.90 Å². The number of hydrogen-bond donors (Lipinski definition) is 0. The molecular formula is C35H27N. The second-order valence-corrected chi connectivity index (χ2v) is 9.20. The van der Waals surface area contributed by atoms with E-state index in [1.54, 1.807) is 0 Å². The predicted octanol–water partition coefficient (Wildman–Crippen LogP) is 9.95. The summed E-state index contributed by atoms with van der Waals surface area (Å²) in [6.45, 7) is 2.14. The Morgan fingerprint density at radius 2 is 0.778 bits per heavy atom. The van der Waals surface area contributed by atoms with Crippen LogP contribution in [0.1, 0.15) is 5.56 Å². The van der Waals surface area contributed by atoms with E-state index < -0.39 is 0 Å². The topological polar surface area (TPSA) is 3.24 Å². The van der Waals surface area contributed by atoms with Crippen molar-refractivity contribution >= 4 is 27.8 Å². The molecule has 0 amide bonds.